The van der Waals surface area contributed by atoms with Crippen LogP contribution < -0.4 is 26.4 Å². The molecule has 4 amide bonds. The number of hydrogen-bond donors (Lipinski definition) is 5. The van der Waals surface area contributed by atoms with Gasteiger partial charge in [-0.05, 0) is 25.0 Å². The second kappa shape index (κ2) is 10.8. The highest BCUT2D eigenvalue weighted by Crippen LogP contribution is 2.18. The van der Waals surface area contributed by atoms with Crippen LogP contribution in [-0.2, 0) is 19.2 Å². The zero-order chi connectivity index (χ0) is 22.1. The molecule has 30 heavy (non-hydrogen) atoms. The Bertz CT molecular complexity index is 827. The summed E-state index contributed by atoms with van der Waals surface area (Å²) in [6.45, 7) is 0.374. The highest BCUT2D eigenvalue weighted by atomic mass is 16.5. The van der Waals surface area contributed by atoms with Gasteiger partial charge in [-0.3, -0.25) is 19.2 Å². The van der Waals surface area contributed by atoms with Gasteiger partial charge in [-0.2, -0.15) is 0 Å². The van der Waals surface area contributed by atoms with Crippen LogP contribution in [0.25, 0.3) is 0 Å². The predicted octanol–water partition coefficient (Wildman–Crippen LogP) is -1.09. The van der Waals surface area contributed by atoms with Crippen LogP contribution in [-0.4, -0.2) is 59.9 Å². The molecule has 1 aliphatic heterocycles. The normalized spacial score (nSPS) is 21.3. The molecular weight excluding hydrogens is 396 g/mol. The first-order valence-corrected chi connectivity index (χ1v) is 9.38. The number of hydrogen-bond acceptors (Lipinski definition) is 6. The van der Waals surface area contributed by atoms with Crippen molar-refractivity contribution in [3.05, 3.63) is 29.8 Å². The highest BCUT2D eigenvalue weighted by molar-refractivity contribution is 5.99. The van der Waals surface area contributed by atoms with Crippen LogP contribution in [0, 0.1) is 0 Å². The number of aliphatic carboxylic acids is 1. The molecule has 162 valence electrons. The summed E-state index contributed by atoms with van der Waals surface area (Å²) >= 11 is 0. The van der Waals surface area contributed by atoms with Crippen LogP contribution in [0.3, 0.4) is 0 Å². The van der Waals surface area contributed by atoms with Gasteiger partial charge in [0, 0.05) is 13.0 Å². The molecule has 0 saturated carbocycles. The molecule has 6 N–H and O–H groups in total. The van der Waals surface area contributed by atoms with Gasteiger partial charge in [-0.25, -0.2) is 4.79 Å². The number of primary amides is 1. The lowest BCUT2D eigenvalue weighted by Crippen LogP contribution is -2.49. The van der Waals surface area contributed by atoms with Gasteiger partial charge in [0.05, 0.1) is 18.6 Å². The van der Waals surface area contributed by atoms with E-state index < -0.39 is 48.1 Å². The number of benzene rings is 1. The van der Waals surface area contributed by atoms with Gasteiger partial charge >= 0.3 is 5.97 Å². The number of fused-ring (bicyclic) bond motifs is 1. The SMILES string of the molecule is NC(=O)CC1NC(=O)CC[C@@H](C(=O)O)NC(=O)c2ccccc2OCCCNC1=O. The van der Waals surface area contributed by atoms with Crippen LogP contribution >= 0.6 is 0 Å². The molecule has 1 aliphatic rings. The van der Waals surface area contributed by atoms with Crippen molar-refractivity contribution < 1.29 is 33.8 Å². The van der Waals surface area contributed by atoms with E-state index in [0.717, 1.165) is 0 Å². The van der Waals surface area contributed by atoms with E-state index in [1.165, 1.54) is 6.07 Å². The summed E-state index contributed by atoms with van der Waals surface area (Å²) in [5.74, 6) is -3.71. The summed E-state index contributed by atoms with van der Waals surface area (Å²) in [6.07, 6.45) is -0.532. The summed E-state index contributed by atoms with van der Waals surface area (Å²) < 4.78 is 5.59. The lowest BCUT2D eigenvalue weighted by molar-refractivity contribution is -0.139. The Labute approximate surface area is 172 Å². The number of carboxylic acid groups (broad SMARTS) is 1. The minimum Gasteiger partial charge on any atom is -0.493 e. The molecule has 0 saturated heterocycles. The van der Waals surface area contributed by atoms with Crippen LogP contribution in [0.4, 0.5) is 0 Å². The predicted molar refractivity (Wildman–Crippen MR) is 103 cm³/mol. The molecule has 0 bridgehead atoms. The van der Waals surface area contributed by atoms with E-state index in [2.05, 4.69) is 16.0 Å². The molecule has 1 heterocycles. The molecule has 1 aromatic carbocycles. The fourth-order valence-electron chi connectivity index (χ4n) is 2.81. The topological polar surface area (TPSA) is 177 Å². The van der Waals surface area contributed by atoms with Crippen LogP contribution in [0.15, 0.2) is 24.3 Å². The lowest BCUT2D eigenvalue weighted by atomic mass is 10.1. The molecule has 0 aliphatic carbocycles. The summed E-state index contributed by atoms with van der Waals surface area (Å²) in [5.41, 5.74) is 5.30. The number of carbonyl (C=O) groups is 5. The Balaban J connectivity index is 2.22. The van der Waals surface area contributed by atoms with Gasteiger partial charge in [0.1, 0.15) is 17.8 Å². The van der Waals surface area contributed by atoms with Gasteiger partial charge in [-0.1, -0.05) is 12.1 Å². The van der Waals surface area contributed by atoms with Gasteiger partial charge in [0.15, 0.2) is 0 Å². The number of rotatable bonds is 3. The van der Waals surface area contributed by atoms with Gasteiger partial charge in [-0.15, -0.1) is 0 Å². The van der Waals surface area contributed by atoms with E-state index in [1.54, 1.807) is 18.2 Å². The number of carboxylic acids is 1. The van der Waals surface area contributed by atoms with Crippen LogP contribution in [0.2, 0.25) is 0 Å². The zero-order valence-corrected chi connectivity index (χ0v) is 16.2. The Morgan fingerprint density at radius 1 is 1.17 bits per heavy atom. The van der Waals surface area contributed by atoms with Crippen molar-refractivity contribution in [2.24, 2.45) is 5.73 Å². The lowest BCUT2D eigenvalue weighted by Gasteiger charge is -2.20. The van der Waals surface area contributed by atoms with Crippen molar-refractivity contribution in [1.29, 1.82) is 0 Å². The molecule has 2 atom stereocenters. The van der Waals surface area contributed by atoms with Crippen LogP contribution in [0.5, 0.6) is 5.75 Å². The van der Waals surface area contributed by atoms with Crippen molar-refractivity contribution in [3.63, 3.8) is 0 Å². The third-order valence-electron chi connectivity index (χ3n) is 4.33. The fraction of sp³-hybridized carbons (Fsp3) is 0.421. The van der Waals surface area contributed by atoms with Gasteiger partial charge in [0.25, 0.3) is 5.91 Å². The first-order valence-electron chi connectivity index (χ1n) is 9.38. The summed E-state index contributed by atoms with van der Waals surface area (Å²) in [5, 5.41) is 16.7. The average Bonchev–Trinajstić information content (AvgIpc) is 2.69. The molecule has 0 aromatic heterocycles. The number of nitrogens with two attached hydrogens (primary N) is 1. The summed E-state index contributed by atoms with van der Waals surface area (Å²) in [4.78, 5) is 59.8. The number of carbonyl (C=O) groups excluding carboxylic acids is 4. The van der Waals surface area contributed by atoms with Gasteiger partial charge in [0.2, 0.25) is 17.7 Å². The van der Waals surface area contributed by atoms with E-state index >= 15 is 0 Å². The average molecular weight is 420 g/mol. The molecule has 11 nitrogen and oxygen atoms in total. The van der Waals surface area contributed by atoms with Gasteiger partial charge < -0.3 is 31.5 Å². The van der Waals surface area contributed by atoms with E-state index in [4.69, 9.17) is 10.5 Å². The first-order chi connectivity index (χ1) is 14.3. The van der Waals surface area contributed by atoms with E-state index in [1.807, 2.05) is 0 Å². The second-order valence-electron chi connectivity index (χ2n) is 6.68. The Morgan fingerprint density at radius 3 is 2.60 bits per heavy atom. The van der Waals surface area contributed by atoms with Crippen molar-refractivity contribution in [2.45, 2.75) is 37.8 Å². The number of para-hydroxylation sites is 1. The smallest absolute Gasteiger partial charge is 0.326 e. The number of ether oxygens (including phenoxy) is 1. The van der Waals surface area contributed by atoms with Crippen molar-refractivity contribution in [3.8, 4) is 5.75 Å². The molecule has 0 spiro atoms. The molecule has 0 radical (unpaired) electrons. The molecule has 0 fully saturated rings. The summed E-state index contributed by atoms with van der Waals surface area (Å²) in [7, 11) is 0. The third-order valence-corrected chi connectivity index (χ3v) is 4.33. The largest absolute Gasteiger partial charge is 0.493 e. The van der Waals surface area contributed by atoms with E-state index in [9.17, 15) is 29.1 Å². The maximum atomic E-state index is 12.5. The summed E-state index contributed by atoms with van der Waals surface area (Å²) in [6, 6.07) is 3.83. The minimum absolute atomic E-state index is 0.158. The third kappa shape index (κ3) is 6.76. The molecule has 2 rings (SSSR count). The van der Waals surface area contributed by atoms with Crippen LogP contribution in [0.1, 0.15) is 36.0 Å². The monoisotopic (exact) mass is 420 g/mol. The quantitative estimate of drug-likeness (QED) is 0.412. The Kier molecular flexibility index (Phi) is 8.15. The first kappa shape index (κ1) is 22.7. The minimum atomic E-state index is -1.34. The van der Waals surface area contributed by atoms with Crippen molar-refractivity contribution >= 4 is 29.6 Å². The number of nitrogens with one attached hydrogen (secondary N) is 3. The van der Waals surface area contributed by atoms with E-state index in [0.29, 0.717) is 6.42 Å². The molecular formula is C19H24N4O7. The maximum Gasteiger partial charge on any atom is 0.326 e. The Hall–Kier alpha value is -3.63. The van der Waals surface area contributed by atoms with Crippen molar-refractivity contribution in [2.75, 3.05) is 13.2 Å². The Morgan fingerprint density at radius 2 is 1.90 bits per heavy atom. The molecule has 1 unspecified atom stereocenters. The maximum absolute atomic E-state index is 12.5. The van der Waals surface area contributed by atoms with Crippen molar-refractivity contribution in [1.82, 2.24) is 16.0 Å². The fourth-order valence-corrected chi connectivity index (χ4v) is 2.81. The second-order valence-corrected chi connectivity index (χ2v) is 6.68. The highest BCUT2D eigenvalue weighted by Gasteiger charge is 2.26. The standard InChI is InChI=1S/C19H24N4O7/c20-15(24)10-13-18(27)21-8-3-9-30-14-5-2-1-4-11(14)17(26)23-12(19(28)29)6-7-16(25)22-13/h1-2,4-5,12-13H,3,6-10H2,(H2,20,24)(H,21,27)(H,22,25)(H,23,26)(H,28,29)/t12-,13?/m0/s1. The van der Waals surface area contributed by atoms with E-state index in [-0.39, 0.29) is 37.3 Å². The zero-order valence-electron chi connectivity index (χ0n) is 16.2. The molecule has 11 heteroatoms. The molecule has 1 aromatic rings. The number of amides is 4.